The Balaban J connectivity index is 1.06. The van der Waals surface area contributed by atoms with Crippen molar-refractivity contribution in [3.8, 4) is 5.75 Å². The number of furan rings is 1. The fourth-order valence-corrected chi connectivity index (χ4v) is 8.52. The minimum absolute atomic E-state index is 0.370. The van der Waals surface area contributed by atoms with Crippen molar-refractivity contribution in [1.29, 1.82) is 0 Å². The molecular weight excluding hydrogens is 572 g/mol. The predicted molar refractivity (Wildman–Crippen MR) is 185 cm³/mol. The van der Waals surface area contributed by atoms with Gasteiger partial charge in [0.1, 0.15) is 5.76 Å². The highest BCUT2D eigenvalue weighted by molar-refractivity contribution is 5.93. The molecule has 46 heavy (non-hydrogen) atoms. The van der Waals surface area contributed by atoms with Crippen LogP contribution in [0.1, 0.15) is 84.3 Å². The summed E-state index contributed by atoms with van der Waals surface area (Å²) in [6, 6.07) is 24.5. The molecule has 3 aliphatic rings. The molecule has 4 aromatic rings. The molecule has 3 aromatic carbocycles. The average molecular weight is 621 g/mol. The van der Waals surface area contributed by atoms with Crippen molar-refractivity contribution in [3.63, 3.8) is 0 Å². The third-order valence-electron chi connectivity index (χ3n) is 11.0. The van der Waals surface area contributed by atoms with Gasteiger partial charge in [0.05, 0.1) is 7.11 Å². The molecule has 242 valence electrons. The number of carbonyl (C=O) groups is 1. The Morgan fingerprint density at radius 1 is 1.00 bits per heavy atom. The van der Waals surface area contributed by atoms with E-state index in [1.54, 1.807) is 7.11 Å². The van der Waals surface area contributed by atoms with Crippen LogP contribution in [0.15, 0.2) is 71.1 Å². The lowest BCUT2D eigenvalue weighted by molar-refractivity contribution is -0.0628. The van der Waals surface area contributed by atoms with Gasteiger partial charge in [-0.2, -0.15) is 0 Å². The van der Waals surface area contributed by atoms with Gasteiger partial charge in [-0.25, -0.2) is 0 Å². The number of amides is 1. The summed E-state index contributed by atoms with van der Waals surface area (Å²) in [5.41, 5.74) is 12.7. The maximum Gasteiger partial charge on any atom is 0.248 e. The molecule has 3 heterocycles. The van der Waals surface area contributed by atoms with Crippen LogP contribution >= 0.6 is 0 Å². The third kappa shape index (κ3) is 5.91. The lowest BCUT2D eigenvalue weighted by atomic mass is 9.59. The van der Waals surface area contributed by atoms with E-state index in [0.717, 1.165) is 61.7 Å². The molecule has 1 spiro atoms. The van der Waals surface area contributed by atoms with Gasteiger partial charge >= 0.3 is 0 Å². The molecule has 7 rings (SSSR count). The van der Waals surface area contributed by atoms with Crippen molar-refractivity contribution in [2.24, 2.45) is 11.1 Å². The second-order valence-corrected chi connectivity index (χ2v) is 14.3. The normalized spacial score (nSPS) is 20.8. The number of piperidine rings is 1. The number of fused-ring (bicyclic) bond motifs is 1. The number of nitrogens with zero attached hydrogens (tertiary/aromatic N) is 3. The summed E-state index contributed by atoms with van der Waals surface area (Å²) in [6.45, 7) is 12.8. The van der Waals surface area contributed by atoms with Crippen molar-refractivity contribution in [3.05, 3.63) is 94.7 Å². The first-order valence-electron chi connectivity index (χ1n) is 17.0. The first kappa shape index (κ1) is 30.8. The Kier molecular flexibility index (Phi) is 8.32. The molecule has 0 radical (unpaired) electrons. The molecule has 2 saturated heterocycles. The van der Waals surface area contributed by atoms with Crippen LogP contribution in [0.4, 0.5) is 5.69 Å². The molecule has 1 atom stereocenters. The molecule has 7 nitrogen and oxygen atoms in total. The van der Waals surface area contributed by atoms with Gasteiger partial charge in [-0.15, -0.1) is 0 Å². The van der Waals surface area contributed by atoms with Gasteiger partial charge < -0.3 is 19.8 Å². The summed E-state index contributed by atoms with van der Waals surface area (Å²) in [5, 5.41) is 1.11. The molecule has 1 aliphatic carbocycles. The largest absolute Gasteiger partial charge is 0.493 e. The molecule has 0 bridgehead atoms. The van der Waals surface area contributed by atoms with Gasteiger partial charge in [0.25, 0.3) is 0 Å². The number of nitrogens with two attached hydrogens (primary N) is 1. The molecule has 1 unspecified atom stereocenters. The summed E-state index contributed by atoms with van der Waals surface area (Å²) < 4.78 is 11.7. The highest BCUT2D eigenvalue weighted by atomic mass is 16.5. The van der Waals surface area contributed by atoms with Crippen LogP contribution in [-0.4, -0.2) is 61.6 Å². The number of benzene rings is 3. The van der Waals surface area contributed by atoms with Crippen molar-refractivity contribution in [2.45, 2.75) is 71.0 Å². The van der Waals surface area contributed by atoms with Crippen LogP contribution in [0.25, 0.3) is 11.0 Å². The lowest BCUT2D eigenvalue weighted by Crippen LogP contribution is -2.60. The van der Waals surface area contributed by atoms with Gasteiger partial charge in [0, 0.05) is 68.0 Å². The molecule has 2 N–H and O–H groups in total. The lowest BCUT2D eigenvalue weighted by Gasteiger charge is -2.58. The standard InChI is InChI=1S/C39H48N4O3/c1-26(2)33-7-5-6-8-34(33)35-25-41(24-28-20-30-19-27(3)46-37(30)36(21-28)45-4)17-18-43(35)32-22-39(23-32)13-15-42(16-14-39)31-11-9-29(10-12-31)38(40)44/h5-12,19-21,26,32,35H,13-18,22-25H2,1-4H3,(H2,40,44). The van der Waals surface area contributed by atoms with Crippen LogP contribution in [0.2, 0.25) is 0 Å². The zero-order valence-corrected chi connectivity index (χ0v) is 27.8. The molecule has 1 saturated carbocycles. The quantitative estimate of drug-likeness (QED) is 0.223. The van der Waals surface area contributed by atoms with Gasteiger partial charge in [-0.3, -0.25) is 14.6 Å². The van der Waals surface area contributed by atoms with E-state index in [0.29, 0.717) is 29.0 Å². The number of ether oxygens (including phenoxy) is 1. The summed E-state index contributed by atoms with van der Waals surface area (Å²) >= 11 is 0. The molecule has 1 amide bonds. The molecule has 3 fully saturated rings. The minimum atomic E-state index is -0.370. The van der Waals surface area contributed by atoms with E-state index in [-0.39, 0.29) is 5.91 Å². The predicted octanol–water partition coefficient (Wildman–Crippen LogP) is 7.28. The smallest absolute Gasteiger partial charge is 0.248 e. The van der Waals surface area contributed by atoms with Gasteiger partial charge in [-0.1, -0.05) is 38.1 Å². The maximum atomic E-state index is 11.5. The number of aryl methyl sites for hydroxylation is 1. The first-order chi connectivity index (χ1) is 22.2. The monoisotopic (exact) mass is 620 g/mol. The summed E-state index contributed by atoms with van der Waals surface area (Å²) in [7, 11) is 1.73. The van der Waals surface area contributed by atoms with Crippen molar-refractivity contribution in [1.82, 2.24) is 9.80 Å². The SMILES string of the molecule is COc1cc(CN2CCN(C3CC4(CCN(c5ccc(C(N)=O)cc5)CC4)C3)C(c3ccccc3C(C)C)C2)cc2cc(C)oc12. The van der Waals surface area contributed by atoms with Crippen LogP contribution in [-0.2, 0) is 6.54 Å². The van der Waals surface area contributed by atoms with Crippen LogP contribution in [0, 0.1) is 12.3 Å². The van der Waals surface area contributed by atoms with E-state index in [2.05, 4.69) is 71.0 Å². The van der Waals surface area contributed by atoms with Gasteiger partial charge in [-0.05, 0) is 103 Å². The van der Waals surface area contributed by atoms with E-state index in [4.69, 9.17) is 14.9 Å². The van der Waals surface area contributed by atoms with E-state index in [1.165, 1.54) is 48.1 Å². The van der Waals surface area contributed by atoms with Crippen molar-refractivity contribution >= 4 is 22.6 Å². The molecular formula is C39H48N4O3. The number of hydrogen-bond acceptors (Lipinski definition) is 6. The number of anilines is 1. The van der Waals surface area contributed by atoms with Crippen LogP contribution in [0.5, 0.6) is 5.75 Å². The third-order valence-corrected chi connectivity index (χ3v) is 11.0. The van der Waals surface area contributed by atoms with Crippen LogP contribution in [0.3, 0.4) is 0 Å². The van der Waals surface area contributed by atoms with Crippen molar-refractivity contribution in [2.75, 3.05) is 44.7 Å². The fraction of sp³-hybridized carbons (Fsp3) is 0.462. The number of rotatable bonds is 8. The molecule has 1 aromatic heterocycles. The van der Waals surface area contributed by atoms with E-state index < -0.39 is 0 Å². The fourth-order valence-electron chi connectivity index (χ4n) is 8.52. The number of carbonyl (C=O) groups excluding carboxylic acids is 1. The Hall–Kier alpha value is -3.81. The van der Waals surface area contributed by atoms with Gasteiger partial charge in [0.2, 0.25) is 5.91 Å². The Morgan fingerprint density at radius 2 is 1.74 bits per heavy atom. The van der Waals surface area contributed by atoms with Gasteiger partial charge in [0.15, 0.2) is 11.3 Å². The Labute approximate surface area is 273 Å². The minimum Gasteiger partial charge on any atom is -0.493 e. The van der Waals surface area contributed by atoms with E-state index >= 15 is 0 Å². The first-order valence-corrected chi connectivity index (χ1v) is 17.0. The Morgan fingerprint density at radius 3 is 2.43 bits per heavy atom. The Bertz CT molecular complexity index is 1690. The topological polar surface area (TPSA) is 75.2 Å². The molecule has 2 aliphatic heterocycles. The number of primary amides is 1. The van der Waals surface area contributed by atoms with E-state index in [9.17, 15) is 4.79 Å². The zero-order valence-electron chi connectivity index (χ0n) is 27.8. The van der Waals surface area contributed by atoms with Crippen molar-refractivity contribution < 1.29 is 13.9 Å². The molecule has 7 heteroatoms. The maximum absolute atomic E-state index is 11.5. The highest BCUT2D eigenvalue weighted by Gasteiger charge is 2.50. The summed E-state index contributed by atoms with van der Waals surface area (Å²) in [4.78, 5) is 19.5. The highest BCUT2D eigenvalue weighted by Crippen LogP contribution is 2.53. The zero-order chi connectivity index (χ0) is 32.0. The summed E-state index contributed by atoms with van der Waals surface area (Å²) in [5.74, 6) is 1.84. The number of methoxy groups -OCH3 is 1. The number of piperazine rings is 1. The van der Waals surface area contributed by atoms with E-state index in [1.807, 2.05) is 31.2 Å². The van der Waals surface area contributed by atoms with Crippen LogP contribution < -0.4 is 15.4 Å². The summed E-state index contributed by atoms with van der Waals surface area (Å²) in [6.07, 6.45) is 5.03. The second-order valence-electron chi connectivity index (χ2n) is 14.3. The second kappa shape index (κ2) is 12.4. The average Bonchev–Trinajstić information content (AvgIpc) is 3.43. The number of hydrogen-bond donors (Lipinski definition) is 1.